The molecule has 7 nitrogen and oxygen atoms in total. The maximum Gasteiger partial charge on any atom is 0.142 e. The van der Waals surface area contributed by atoms with Crippen molar-refractivity contribution >= 4 is 32.5 Å². The molecule has 3 heterocycles. The number of nitriles is 1. The van der Waals surface area contributed by atoms with Gasteiger partial charge in [0.15, 0.2) is 0 Å². The molecule has 1 aliphatic heterocycles. The molecule has 2 saturated carbocycles. The van der Waals surface area contributed by atoms with Gasteiger partial charge in [0.2, 0.25) is 0 Å². The summed E-state index contributed by atoms with van der Waals surface area (Å²) in [5, 5.41) is 10.3. The number of carbonyl (C=O) groups is 1. The molecule has 3 aliphatic rings. The van der Waals surface area contributed by atoms with E-state index in [1.54, 1.807) is 6.20 Å². The molecule has 0 bridgehead atoms. The Balaban J connectivity index is 1.35. The molecule has 1 saturated heterocycles. The van der Waals surface area contributed by atoms with E-state index in [1.165, 1.54) is 23.6 Å². The fraction of sp³-hybridized carbons (Fsp3) is 0.467. The summed E-state index contributed by atoms with van der Waals surface area (Å²) >= 11 is 1.50. The second-order valence-electron chi connectivity index (χ2n) is 11.4. The normalized spacial score (nSPS) is 23.4. The summed E-state index contributed by atoms with van der Waals surface area (Å²) in [5.74, 6) is 0.278. The minimum atomic E-state index is -2.47. The number of carbonyl (C=O) groups excluding carboxylic acids is 1. The highest BCUT2D eigenvalue weighted by atomic mass is 32.2. The van der Waals surface area contributed by atoms with Crippen LogP contribution in [0.4, 0.5) is 10.1 Å². The summed E-state index contributed by atoms with van der Waals surface area (Å²) in [6.45, 7) is 1.19. The second kappa shape index (κ2) is 10.7. The Labute approximate surface area is 238 Å². The van der Waals surface area contributed by atoms with Crippen LogP contribution in [0.3, 0.4) is 0 Å². The zero-order valence-electron chi connectivity index (χ0n) is 22.3. The lowest BCUT2D eigenvalue weighted by atomic mass is 9.73. The molecule has 6 rings (SSSR count). The molecular weight excluding hydrogens is 545 g/mol. The minimum Gasteiger partial charge on any atom is -0.370 e. The Hall–Kier alpha value is -3.16. The van der Waals surface area contributed by atoms with Crippen LogP contribution in [-0.4, -0.2) is 44.6 Å². The number of pyridine rings is 1. The monoisotopic (exact) mass is 577 g/mol. The maximum atomic E-state index is 14.1. The Kier molecular flexibility index (Phi) is 7.21. The Morgan fingerprint density at radius 2 is 1.88 bits per heavy atom. The van der Waals surface area contributed by atoms with Gasteiger partial charge in [-0.1, -0.05) is 25.0 Å². The minimum absolute atomic E-state index is 0.0516. The zero-order valence-corrected chi connectivity index (χ0v) is 23.9. The third-order valence-corrected chi connectivity index (χ3v) is 11.5. The van der Waals surface area contributed by atoms with E-state index in [2.05, 4.69) is 28.1 Å². The Bertz CT molecular complexity index is 1560. The topological polar surface area (TPSA) is 111 Å². The van der Waals surface area contributed by atoms with Crippen LogP contribution in [0.5, 0.6) is 0 Å². The number of anilines is 1. The number of ketones is 1. The van der Waals surface area contributed by atoms with Gasteiger partial charge in [-0.3, -0.25) is 14.6 Å². The molecule has 208 valence electrons. The lowest BCUT2D eigenvalue weighted by Gasteiger charge is -2.31. The lowest BCUT2D eigenvalue weighted by Crippen LogP contribution is -2.39. The van der Waals surface area contributed by atoms with Crippen LogP contribution in [0.15, 0.2) is 42.7 Å². The molecule has 0 radical (unpaired) electrons. The fourth-order valence-electron chi connectivity index (χ4n) is 6.04. The summed E-state index contributed by atoms with van der Waals surface area (Å²) in [6.07, 6.45) is 8.36. The summed E-state index contributed by atoms with van der Waals surface area (Å²) in [7, 11) is -2.47. The smallest absolute Gasteiger partial charge is 0.142 e. The van der Waals surface area contributed by atoms with E-state index in [9.17, 15) is 18.7 Å². The summed E-state index contributed by atoms with van der Waals surface area (Å²) < 4.78 is 34.0. The molecule has 10 heteroatoms. The summed E-state index contributed by atoms with van der Waals surface area (Å²) in [5.41, 5.74) is 3.03. The quantitative estimate of drug-likeness (QED) is 0.347. The number of benzene rings is 1. The van der Waals surface area contributed by atoms with Gasteiger partial charge in [0.05, 0.1) is 28.3 Å². The van der Waals surface area contributed by atoms with Crippen LogP contribution in [-0.2, 0) is 14.5 Å². The molecule has 40 heavy (non-hydrogen) atoms. The zero-order chi connectivity index (χ0) is 27.9. The van der Waals surface area contributed by atoms with Crippen LogP contribution in [0.2, 0.25) is 0 Å². The average Bonchev–Trinajstić information content (AvgIpc) is 3.59. The van der Waals surface area contributed by atoms with Gasteiger partial charge in [-0.15, -0.1) is 11.3 Å². The number of thiazole rings is 1. The molecule has 0 spiro atoms. The van der Waals surface area contributed by atoms with Gasteiger partial charge in [0, 0.05) is 70.0 Å². The highest BCUT2D eigenvalue weighted by Gasteiger charge is 2.47. The number of hydrogen-bond acceptors (Lipinski definition) is 8. The Morgan fingerprint density at radius 1 is 1.15 bits per heavy atom. The van der Waals surface area contributed by atoms with Crippen molar-refractivity contribution in [3.05, 3.63) is 54.2 Å². The molecule has 1 aromatic carbocycles. The van der Waals surface area contributed by atoms with Crippen molar-refractivity contribution in [1.82, 2.24) is 9.97 Å². The molecule has 2 aromatic heterocycles. The number of hydrogen-bond donors (Lipinski definition) is 1. The van der Waals surface area contributed by atoms with E-state index in [4.69, 9.17) is 9.76 Å². The molecule has 0 unspecified atom stereocenters. The molecule has 2 atom stereocenters. The molecule has 0 amide bonds. The number of aromatic nitrogens is 2. The van der Waals surface area contributed by atoms with Gasteiger partial charge in [-0.05, 0) is 49.4 Å². The van der Waals surface area contributed by atoms with Crippen molar-refractivity contribution in [3.8, 4) is 27.1 Å². The number of nitrogens with zero attached hydrogens (tertiary/aromatic N) is 4. The second-order valence-corrected chi connectivity index (χ2v) is 14.9. The van der Waals surface area contributed by atoms with Gasteiger partial charge < -0.3 is 4.90 Å². The average molecular weight is 578 g/mol. The number of halogens is 1. The highest BCUT2D eigenvalue weighted by molar-refractivity contribution is 7.92. The van der Waals surface area contributed by atoms with Crippen LogP contribution >= 0.6 is 11.3 Å². The third kappa shape index (κ3) is 5.54. The van der Waals surface area contributed by atoms with Gasteiger partial charge in [-0.25, -0.2) is 13.6 Å². The number of nitrogens with one attached hydrogen (secondary N) is 1. The van der Waals surface area contributed by atoms with Crippen LogP contribution in [0, 0.1) is 33.3 Å². The van der Waals surface area contributed by atoms with Crippen LogP contribution < -0.4 is 4.90 Å². The van der Waals surface area contributed by atoms with Crippen molar-refractivity contribution in [2.45, 2.75) is 50.9 Å². The fourth-order valence-corrected chi connectivity index (χ4v) is 8.40. The van der Waals surface area contributed by atoms with Crippen molar-refractivity contribution in [1.29, 1.82) is 10.0 Å². The SMILES string of the molecule is N#CC1(CC(=O)[C@@H]2CCCC[C@H]2c2nc(-c3cncc(F)c3)sc2-c2ccc(N3CCS(=N)(=O)CC3)cc2)CC1. The largest absolute Gasteiger partial charge is 0.370 e. The lowest BCUT2D eigenvalue weighted by molar-refractivity contribution is -0.125. The Morgan fingerprint density at radius 3 is 2.55 bits per heavy atom. The maximum absolute atomic E-state index is 14.1. The third-order valence-electron chi connectivity index (χ3n) is 8.62. The standard InChI is InChI=1S/C30H32FN5O2S2/c31-22-15-21(17-34-18-22)29-35-27(25-4-2-1-3-24(25)26(37)16-30(19-32)9-10-30)28(39-29)20-5-7-23(8-6-20)36-11-13-40(33,38)14-12-36/h5-8,15,17-18,24-25,33H,1-4,9-14,16H2/t24-,25-/m1/s1. The van der Waals surface area contributed by atoms with Gasteiger partial charge in [-0.2, -0.15) is 5.26 Å². The van der Waals surface area contributed by atoms with E-state index in [0.717, 1.165) is 60.3 Å². The molecule has 2 aliphatic carbocycles. The molecule has 3 aromatic rings. The van der Waals surface area contributed by atoms with E-state index < -0.39 is 21.0 Å². The highest BCUT2D eigenvalue weighted by Crippen LogP contribution is 2.51. The van der Waals surface area contributed by atoms with Gasteiger partial charge in [0.1, 0.15) is 16.6 Å². The van der Waals surface area contributed by atoms with Gasteiger partial charge in [0.25, 0.3) is 0 Å². The van der Waals surface area contributed by atoms with Crippen molar-refractivity contribution in [2.75, 3.05) is 29.5 Å². The first kappa shape index (κ1) is 27.0. The van der Waals surface area contributed by atoms with Crippen molar-refractivity contribution in [2.24, 2.45) is 11.3 Å². The predicted molar refractivity (Wildman–Crippen MR) is 155 cm³/mol. The molecular formula is C30H32FN5O2S2. The van der Waals surface area contributed by atoms with Crippen molar-refractivity contribution < 1.29 is 13.4 Å². The van der Waals surface area contributed by atoms with E-state index in [0.29, 0.717) is 41.6 Å². The first-order valence-corrected chi connectivity index (χ1v) is 16.6. The van der Waals surface area contributed by atoms with Crippen LogP contribution in [0.1, 0.15) is 56.6 Å². The first-order chi connectivity index (χ1) is 19.3. The first-order valence-electron chi connectivity index (χ1n) is 13.9. The van der Waals surface area contributed by atoms with Crippen molar-refractivity contribution in [3.63, 3.8) is 0 Å². The summed E-state index contributed by atoms with van der Waals surface area (Å²) in [6, 6.07) is 12.0. The van der Waals surface area contributed by atoms with E-state index >= 15 is 0 Å². The summed E-state index contributed by atoms with van der Waals surface area (Å²) in [4.78, 5) is 25.8. The van der Waals surface area contributed by atoms with E-state index in [1.807, 2.05) is 12.1 Å². The molecule has 3 fully saturated rings. The molecule has 1 N–H and O–H groups in total. The van der Waals surface area contributed by atoms with E-state index in [-0.39, 0.29) is 17.6 Å². The van der Waals surface area contributed by atoms with Crippen LogP contribution in [0.25, 0.3) is 21.0 Å². The predicted octanol–water partition coefficient (Wildman–Crippen LogP) is 6.41. The number of Topliss-reactive ketones (excluding diaryl/α,β-unsaturated/α-hetero) is 1. The number of rotatable bonds is 7. The van der Waals surface area contributed by atoms with Gasteiger partial charge >= 0.3 is 0 Å².